The molecule has 5 aromatic rings. The first-order valence-corrected chi connectivity index (χ1v) is 13.0. The molecule has 0 bridgehead atoms. The number of alkyl halides is 3. The summed E-state index contributed by atoms with van der Waals surface area (Å²) in [5.74, 6) is -0.0134. The van der Waals surface area contributed by atoms with E-state index in [1.165, 1.54) is 12.1 Å². The topological polar surface area (TPSA) is 67.6 Å². The Morgan fingerprint density at radius 2 is 1.78 bits per heavy atom. The Kier molecular flexibility index (Phi) is 8.02. The molecule has 0 spiro atoms. The summed E-state index contributed by atoms with van der Waals surface area (Å²) in [5, 5.41) is 3.04. The Morgan fingerprint density at radius 3 is 2.51 bits per heavy atom. The van der Waals surface area contributed by atoms with Crippen LogP contribution in [0.3, 0.4) is 0 Å². The second-order valence-corrected chi connectivity index (χ2v) is 9.71. The molecule has 41 heavy (non-hydrogen) atoms. The van der Waals surface area contributed by atoms with E-state index < -0.39 is 6.36 Å². The van der Waals surface area contributed by atoms with Crippen molar-refractivity contribution in [2.24, 2.45) is 0 Å². The second-order valence-electron chi connectivity index (χ2n) is 9.71. The van der Waals surface area contributed by atoms with Crippen molar-refractivity contribution in [3.8, 4) is 28.4 Å². The predicted molar refractivity (Wildman–Crippen MR) is 154 cm³/mol. The van der Waals surface area contributed by atoms with E-state index in [4.69, 9.17) is 9.97 Å². The molecule has 0 aliphatic rings. The molecule has 0 radical (unpaired) electrons. The molecule has 0 saturated carbocycles. The SMILES string of the molecule is C/C=C/c1ccc(-c2nc3cc(CN(C)C)ccn3c2-c2ccnc(NCc3ccccc3OC(F)(F)F)n2)cc1. The highest BCUT2D eigenvalue weighted by Gasteiger charge is 2.32. The lowest BCUT2D eigenvalue weighted by atomic mass is 10.1. The fraction of sp³-hybridized carbons (Fsp3) is 0.194. The van der Waals surface area contributed by atoms with Gasteiger partial charge < -0.3 is 15.0 Å². The van der Waals surface area contributed by atoms with Gasteiger partial charge in [-0.25, -0.2) is 15.0 Å². The molecule has 0 amide bonds. The zero-order valence-electron chi connectivity index (χ0n) is 22.9. The highest BCUT2D eigenvalue weighted by molar-refractivity contribution is 5.81. The molecule has 10 heteroatoms. The van der Waals surface area contributed by atoms with Gasteiger partial charge in [-0.15, -0.1) is 13.2 Å². The van der Waals surface area contributed by atoms with Crippen LogP contribution in [-0.2, 0) is 13.1 Å². The Balaban J connectivity index is 1.52. The van der Waals surface area contributed by atoms with E-state index in [1.807, 2.05) is 68.0 Å². The normalized spacial score (nSPS) is 12.0. The minimum absolute atomic E-state index is 0.0377. The van der Waals surface area contributed by atoms with Crippen LogP contribution in [0.15, 0.2) is 85.2 Å². The van der Waals surface area contributed by atoms with Gasteiger partial charge in [0.15, 0.2) is 0 Å². The summed E-state index contributed by atoms with van der Waals surface area (Å²) in [7, 11) is 4.03. The number of fused-ring (bicyclic) bond motifs is 1. The summed E-state index contributed by atoms with van der Waals surface area (Å²) in [6.07, 6.45) is 2.82. The van der Waals surface area contributed by atoms with E-state index in [2.05, 4.69) is 32.1 Å². The summed E-state index contributed by atoms with van der Waals surface area (Å²) in [4.78, 5) is 16.1. The maximum Gasteiger partial charge on any atom is 0.573 e. The number of anilines is 1. The van der Waals surface area contributed by atoms with Crippen LogP contribution in [0.25, 0.3) is 34.4 Å². The largest absolute Gasteiger partial charge is 0.573 e. The minimum Gasteiger partial charge on any atom is -0.405 e. The third-order valence-corrected chi connectivity index (χ3v) is 6.27. The number of para-hydroxylation sites is 1. The molecule has 0 saturated heterocycles. The molecule has 0 unspecified atom stereocenters. The van der Waals surface area contributed by atoms with Gasteiger partial charge in [0.1, 0.15) is 11.4 Å². The van der Waals surface area contributed by atoms with Crippen molar-refractivity contribution in [3.05, 3.63) is 102 Å². The molecule has 3 aromatic heterocycles. The summed E-state index contributed by atoms with van der Waals surface area (Å²) in [6, 6.07) is 20.0. The summed E-state index contributed by atoms with van der Waals surface area (Å²) in [5.41, 5.74) is 6.38. The first-order valence-electron chi connectivity index (χ1n) is 13.0. The monoisotopic (exact) mass is 558 g/mol. The van der Waals surface area contributed by atoms with Crippen LogP contribution in [0.1, 0.15) is 23.6 Å². The zero-order valence-corrected chi connectivity index (χ0v) is 22.9. The number of benzene rings is 2. The zero-order chi connectivity index (χ0) is 29.0. The lowest BCUT2D eigenvalue weighted by Crippen LogP contribution is -2.18. The van der Waals surface area contributed by atoms with Crippen molar-refractivity contribution in [3.63, 3.8) is 0 Å². The van der Waals surface area contributed by atoms with E-state index in [1.54, 1.807) is 24.4 Å². The van der Waals surface area contributed by atoms with Gasteiger partial charge in [0.25, 0.3) is 0 Å². The lowest BCUT2D eigenvalue weighted by molar-refractivity contribution is -0.274. The first kappa shape index (κ1) is 27.9. The number of hydrogen-bond donors (Lipinski definition) is 1. The Morgan fingerprint density at radius 1 is 1.00 bits per heavy atom. The standard InChI is InChI=1S/C31H29F3N6O/c1-4-7-21-10-12-23(13-11-21)28-29(40-17-15-22(20-39(2)3)18-27(40)38-28)25-14-16-35-30(37-25)36-19-24-8-5-6-9-26(24)41-31(32,33)34/h4-18H,19-20H2,1-3H3,(H,35,36,37)/b7-4+. The molecule has 0 fully saturated rings. The van der Waals surface area contributed by atoms with Crippen molar-refractivity contribution in [1.82, 2.24) is 24.3 Å². The van der Waals surface area contributed by atoms with Crippen LogP contribution >= 0.6 is 0 Å². The van der Waals surface area contributed by atoms with E-state index in [-0.39, 0.29) is 18.2 Å². The molecule has 210 valence electrons. The smallest absolute Gasteiger partial charge is 0.405 e. The molecule has 0 aliphatic carbocycles. The van der Waals surface area contributed by atoms with Crippen molar-refractivity contribution < 1.29 is 17.9 Å². The van der Waals surface area contributed by atoms with E-state index >= 15 is 0 Å². The van der Waals surface area contributed by atoms with Crippen LogP contribution in [0, 0.1) is 0 Å². The number of allylic oxidation sites excluding steroid dienone is 1. The molecular formula is C31H29F3N6O. The first-order chi connectivity index (χ1) is 19.7. The van der Waals surface area contributed by atoms with Gasteiger partial charge >= 0.3 is 6.36 Å². The van der Waals surface area contributed by atoms with Crippen LogP contribution in [0.5, 0.6) is 5.75 Å². The number of halogens is 3. The van der Waals surface area contributed by atoms with Gasteiger partial charge in [0.2, 0.25) is 5.95 Å². The van der Waals surface area contributed by atoms with Gasteiger partial charge in [0.05, 0.1) is 17.1 Å². The molecule has 2 aromatic carbocycles. The number of imidazole rings is 1. The van der Waals surface area contributed by atoms with Crippen LogP contribution in [0.2, 0.25) is 0 Å². The number of pyridine rings is 1. The molecule has 5 rings (SSSR count). The summed E-state index contributed by atoms with van der Waals surface area (Å²) < 4.78 is 44.8. The van der Waals surface area contributed by atoms with Gasteiger partial charge in [0, 0.05) is 36.6 Å². The van der Waals surface area contributed by atoms with E-state index in [0.717, 1.165) is 40.3 Å². The summed E-state index contributed by atoms with van der Waals surface area (Å²) >= 11 is 0. The van der Waals surface area contributed by atoms with Gasteiger partial charge in [-0.2, -0.15) is 0 Å². The molecule has 0 aliphatic heterocycles. The number of rotatable bonds is 9. The average Bonchev–Trinajstić information content (AvgIpc) is 3.31. The molecule has 7 nitrogen and oxygen atoms in total. The Bertz CT molecular complexity index is 1680. The summed E-state index contributed by atoms with van der Waals surface area (Å²) in [6.45, 7) is 2.78. The second kappa shape index (κ2) is 11.8. The van der Waals surface area contributed by atoms with Crippen molar-refractivity contribution in [2.75, 3.05) is 19.4 Å². The maximum atomic E-state index is 12.9. The van der Waals surface area contributed by atoms with E-state index in [0.29, 0.717) is 11.3 Å². The van der Waals surface area contributed by atoms with Gasteiger partial charge in [-0.3, -0.25) is 4.40 Å². The van der Waals surface area contributed by atoms with E-state index in [9.17, 15) is 13.2 Å². The minimum atomic E-state index is -4.79. The number of nitrogens with zero attached hydrogens (tertiary/aromatic N) is 5. The molecular weight excluding hydrogens is 529 g/mol. The number of hydrogen-bond acceptors (Lipinski definition) is 6. The lowest BCUT2D eigenvalue weighted by Gasteiger charge is -2.14. The highest BCUT2D eigenvalue weighted by atomic mass is 19.4. The average molecular weight is 559 g/mol. The quantitative estimate of drug-likeness (QED) is 0.209. The Labute approximate surface area is 236 Å². The van der Waals surface area contributed by atoms with Crippen LogP contribution < -0.4 is 10.1 Å². The fourth-order valence-electron chi connectivity index (χ4n) is 4.57. The maximum absolute atomic E-state index is 12.9. The number of nitrogens with one attached hydrogen (secondary N) is 1. The third kappa shape index (κ3) is 6.72. The van der Waals surface area contributed by atoms with Crippen molar-refractivity contribution in [1.29, 1.82) is 0 Å². The van der Waals surface area contributed by atoms with Gasteiger partial charge in [-0.05, 0) is 56.4 Å². The fourth-order valence-corrected chi connectivity index (χ4v) is 4.57. The Hall–Kier alpha value is -4.70. The van der Waals surface area contributed by atoms with Crippen molar-refractivity contribution in [2.45, 2.75) is 26.4 Å². The molecule has 0 atom stereocenters. The molecule has 3 heterocycles. The highest BCUT2D eigenvalue weighted by Crippen LogP contribution is 2.33. The van der Waals surface area contributed by atoms with Crippen molar-refractivity contribution >= 4 is 17.7 Å². The number of aromatic nitrogens is 4. The third-order valence-electron chi connectivity index (χ3n) is 6.27. The van der Waals surface area contributed by atoms with Crippen LogP contribution in [0.4, 0.5) is 19.1 Å². The van der Waals surface area contributed by atoms with Crippen LogP contribution in [-0.4, -0.2) is 44.7 Å². The molecule has 1 N–H and O–H groups in total. The number of ether oxygens (including phenoxy) is 1. The van der Waals surface area contributed by atoms with Gasteiger partial charge in [-0.1, -0.05) is 54.6 Å². The predicted octanol–water partition coefficient (Wildman–Crippen LogP) is 7.06.